The van der Waals surface area contributed by atoms with Crippen LogP contribution >= 0.6 is 0 Å². The normalized spacial score (nSPS) is 22.9. The molecule has 0 saturated carbocycles. The Kier molecular flexibility index (Phi) is 3.69. The monoisotopic (exact) mass is 294 g/mol. The molecule has 1 aliphatic rings. The molecule has 21 heavy (non-hydrogen) atoms. The van der Waals surface area contributed by atoms with Crippen molar-refractivity contribution in [2.45, 2.75) is 25.1 Å². The lowest BCUT2D eigenvalue weighted by atomic mass is 10.0. The molecule has 7 heteroatoms. The summed E-state index contributed by atoms with van der Waals surface area (Å²) in [5.41, 5.74) is 0.272. The third kappa shape index (κ3) is 2.79. The second kappa shape index (κ2) is 5.50. The number of aliphatic hydroxyl groups is 1. The fourth-order valence-electron chi connectivity index (χ4n) is 2.78. The van der Waals surface area contributed by atoms with Crippen molar-refractivity contribution in [2.75, 3.05) is 6.54 Å². The number of nitrogens with zero attached hydrogens (tertiary/aromatic N) is 4. The van der Waals surface area contributed by atoms with Crippen molar-refractivity contribution < 1.29 is 13.9 Å². The van der Waals surface area contributed by atoms with E-state index in [-0.39, 0.29) is 11.6 Å². The van der Waals surface area contributed by atoms with Crippen molar-refractivity contribution in [2.24, 2.45) is 7.05 Å². The van der Waals surface area contributed by atoms with Gasteiger partial charge in [0.1, 0.15) is 23.8 Å². The summed E-state index contributed by atoms with van der Waals surface area (Å²) in [7, 11) is 1.82. The van der Waals surface area contributed by atoms with Crippen molar-refractivity contribution in [1.29, 1.82) is 0 Å². The lowest BCUT2D eigenvalue weighted by molar-refractivity contribution is 0.170. The Hall–Kier alpha value is -1.86. The molecule has 0 aliphatic carbocycles. The van der Waals surface area contributed by atoms with E-state index in [0.717, 1.165) is 12.1 Å². The minimum atomic E-state index is -0.564. The summed E-state index contributed by atoms with van der Waals surface area (Å²) in [4.78, 5) is 1.90. The van der Waals surface area contributed by atoms with Crippen molar-refractivity contribution in [3.05, 3.63) is 47.5 Å². The Morgan fingerprint density at radius 2 is 2.19 bits per heavy atom. The molecule has 3 rings (SSSR count). The molecule has 2 heterocycles. The van der Waals surface area contributed by atoms with Crippen LogP contribution in [0.1, 0.15) is 23.9 Å². The number of halogens is 2. The molecule has 2 aromatic rings. The molecule has 1 aliphatic heterocycles. The van der Waals surface area contributed by atoms with E-state index in [1.54, 1.807) is 10.9 Å². The van der Waals surface area contributed by atoms with Crippen LogP contribution in [0.2, 0.25) is 0 Å². The minimum absolute atomic E-state index is 0.272. The van der Waals surface area contributed by atoms with Gasteiger partial charge in [-0.15, -0.1) is 10.2 Å². The zero-order valence-corrected chi connectivity index (χ0v) is 11.6. The summed E-state index contributed by atoms with van der Waals surface area (Å²) >= 11 is 0. The van der Waals surface area contributed by atoms with E-state index in [1.165, 1.54) is 6.07 Å². The predicted molar refractivity (Wildman–Crippen MR) is 71.1 cm³/mol. The van der Waals surface area contributed by atoms with E-state index < -0.39 is 17.7 Å². The molecule has 1 N–H and O–H groups in total. The Bertz CT molecular complexity index is 646. The number of benzene rings is 1. The van der Waals surface area contributed by atoms with Crippen LogP contribution in [0.15, 0.2) is 24.5 Å². The van der Waals surface area contributed by atoms with Crippen LogP contribution in [0.25, 0.3) is 0 Å². The molecule has 5 nitrogen and oxygen atoms in total. The molecule has 1 aromatic heterocycles. The zero-order valence-electron chi connectivity index (χ0n) is 11.6. The average Bonchev–Trinajstić information content (AvgIpc) is 3.00. The van der Waals surface area contributed by atoms with Crippen LogP contribution in [0.3, 0.4) is 0 Å². The third-order valence-electron chi connectivity index (χ3n) is 3.85. The summed E-state index contributed by atoms with van der Waals surface area (Å²) in [5.74, 6) is -0.226. The number of hydrogen-bond acceptors (Lipinski definition) is 4. The standard InChI is InChI=1S/C14H16F2N4O/c1-19-8-17-18-14(19)7-20-6-10(21)5-13(20)11-4-9(15)2-3-12(11)16/h2-4,8,10,13,21H,5-7H2,1H3/t10-,13+/m0/s1. The molecule has 1 saturated heterocycles. The fraction of sp³-hybridized carbons (Fsp3) is 0.429. The smallest absolute Gasteiger partial charge is 0.146 e. The van der Waals surface area contributed by atoms with Crippen LogP contribution in [-0.4, -0.2) is 37.4 Å². The van der Waals surface area contributed by atoms with Gasteiger partial charge in [-0.2, -0.15) is 0 Å². The molecule has 2 atom stereocenters. The minimum Gasteiger partial charge on any atom is -0.392 e. The van der Waals surface area contributed by atoms with Gasteiger partial charge in [-0.25, -0.2) is 8.78 Å². The summed E-state index contributed by atoms with van der Waals surface area (Å²) in [6.07, 6.45) is 1.39. The lowest BCUT2D eigenvalue weighted by Crippen LogP contribution is -2.26. The highest BCUT2D eigenvalue weighted by Gasteiger charge is 2.34. The lowest BCUT2D eigenvalue weighted by Gasteiger charge is -2.24. The first-order chi connectivity index (χ1) is 10.0. The van der Waals surface area contributed by atoms with E-state index >= 15 is 0 Å². The highest BCUT2D eigenvalue weighted by atomic mass is 19.1. The van der Waals surface area contributed by atoms with Gasteiger partial charge in [-0.05, 0) is 24.6 Å². The van der Waals surface area contributed by atoms with Crippen LogP contribution < -0.4 is 0 Å². The molecule has 0 bridgehead atoms. The van der Waals surface area contributed by atoms with E-state index in [9.17, 15) is 13.9 Å². The number of aromatic nitrogens is 3. The molecule has 0 amide bonds. The van der Waals surface area contributed by atoms with Gasteiger partial charge < -0.3 is 9.67 Å². The van der Waals surface area contributed by atoms with Crippen molar-refractivity contribution in [1.82, 2.24) is 19.7 Å². The van der Waals surface area contributed by atoms with E-state index in [4.69, 9.17) is 0 Å². The second-order valence-electron chi connectivity index (χ2n) is 5.36. The Balaban J connectivity index is 1.89. The number of likely N-dealkylation sites (tertiary alicyclic amines) is 1. The van der Waals surface area contributed by atoms with Gasteiger partial charge in [0.15, 0.2) is 0 Å². The quantitative estimate of drug-likeness (QED) is 0.930. The Morgan fingerprint density at radius 1 is 1.38 bits per heavy atom. The van der Waals surface area contributed by atoms with Crippen LogP contribution in [-0.2, 0) is 13.6 Å². The van der Waals surface area contributed by atoms with Gasteiger partial charge in [-0.1, -0.05) is 0 Å². The van der Waals surface area contributed by atoms with E-state index in [0.29, 0.717) is 25.3 Å². The fourth-order valence-corrected chi connectivity index (χ4v) is 2.78. The van der Waals surface area contributed by atoms with Crippen LogP contribution in [0, 0.1) is 11.6 Å². The van der Waals surface area contributed by atoms with Gasteiger partial charge in [0.2, 0.25) is 0 Å². The highest BCUT2D eigenvalue weighted by Crippen LogP contribution is 2.34. The first-order valence-corrected chi connectivity index (χ1v) is 6.74. The summed E-state index contributed by atoms with van der Waals surface area (Å²) < 4.78 is 29.1. The number of aryl methyl sites for hydroxylation is 1. The molecule has 0 unspecified atom stereocenters. The van der Waals surface area contributed by atoms with Gasteiger partial charge in [0, 0.05) is 25.2 Å². The maximum atomic E-state index is 14.0. The molecule has 112 valence electrons. The number of aliphatic hydroxyl groups excluding tert-OH is 1. The first kappa shape index (κ1) is 14.1. The molecule has 1 aromatic carbocycles. The van der Waals surface area contributed by atoms with Crippen LogP contribution in [0.4, 0.5) is 8.78 Å². The predicted octanol–water partition coefficient (Wildman–Crippen LogP) is 1.40. The Morgan fingerprint density at radius 3 is 2.90 bits per heavy atom. The van der Waals surface area contributed by atoms with Crippen molar-refractivity contribution in [3.63, 3.8) is 0 Å². The summed E-state index contributed by atoms with van der Waals surface area (Å²) in [6, 6.07) is 3.04. The third-order valence-corrected chi connectivity index (χ3v) is 3.85. The largest absolute Gasteiger partial charge is 0.392 e. The molecular weight excluding hydrogens is 278 g/mol. The van der Waals surface area contributed by atoms with Gasteiger partial charge in [-0.3, -0.25) is 4.90 Å². The molecule has 1 fully saturated rings. The van der Waals surface area contributed by atoms with E-state index in [2.05, 4.69) is 10.2 Å². The SMILES string of the molecule is Cn1cnnc1CN1C[C@@H](O)C[C@@H]1c1cc(F)ccc1F. The van der Waals surface area contributed by atoms with Gasteiger partial charge in [0.25, 0.3) is 0 Å². The van der Waals surface area contributed by atoms with E-state index in [1.807, 2.05) is 11.9 Å². The maximum Gasteiger partial charge on any atom is 0.146 e. The van der Waals surface area contributed by atoms with Crippen LogP contribution in [0.5, 0.6) is 0 Å². The maximum absolute atomic E-state index is 14.0. The van der Waals surface area contributed by atoms with Crippen molar-refractivity contribution >= 4 is 0 Å². The first-order valence-electron chi connectivity index (χ1n) is 6.74. The second-order valence-corrected chi connectivity index (χ2v) is 5.36. The number of rotatable bonds is 3. The van der Waals surface area contributed by atoms with Gasteiger partial charge in [0.05, 0.1) is 12.6 Å². The highest BCUT2D eigenvalue weighted by molar-refractivity contribution is 5.24. The molecule has 0 radical (unpaired) electrons. The average molecular weight is 294 g/mol. The molecule has 0 spiro atoms. The zero-order chi connectivity index (χ0) is 15.0. The topological polar surface area (TPSA) is 54.2 Å². The van der Waals surface area contributed by atoms with Crippen molar-refractivity contribution in [3.8, 4) is 0 Å². The number of hydrogen-bond donors (Lipinski definition) is 1. The van der Waals surface area contributed by atoms with Gasteiger partial charge >= 0.3 is 0 Å². The number of β-amino-alcohol motifs (C(OH)–C–C–N with tert-alkyl or cyclic N) is 1. The Labute approximate surface area is 120 Å². The summed E-state index contributed by atoms with van der Waals surface area (Å²) in [5, 5.41) is 17.7. The summed E-state index contributed by atoms with van der Waals surface area (Å²) in [6.45, 7) is 0.821. The molecular formula is C14H16F2N4O.